The van der Waals surface area contributed by atoms with Crippen LogP contribution in [0.3, 0.4) is 0 Å². The number of benzene rings is 1. The van der Waals surface area contributed by atoms with E-state index in [-0.39, 0.29) is 5.82 Å². The predicted molar refractivity (Wildman–Crippen MR) is 74.7 cm³/mol. The Morgan fingerprint density at radius 2 is 2.11 bits per heavy atom. The number of hydrogen-bond acceptors (Lipinski definition) is 1. The van der Waals surface area contributed by atoms with Gasteiger partial charge in [0, 0.05) is 17.5 Å². The third-order valence-corrected chi connectivity index (χ3v) is 4.27. The molecule has 0 heterocycles. The van der Waals surface area contributed by atoms with Crippen molar-refractivity contribution < 1.29 is 4.39 Å². The van der Waals surface area contributed by atoms with Crippen LogP contribution in [0.5, 0.6) is 0 Å². The highest BCUT2D eigenvalue weighted by atomic mass is 35.5. The summed E-state index contributed by atoms with van der Waals surface area (Å²) in [6, 6.07) is 4.82. The average molecular weight is 270 g/mol. The number of nitrogens with one attached hydrogen (secondary N) is 1. The average Bonchev–Trinajstić information content (AvgIpc) is 2.85. The van der Waals surface area contributed by atoms with Crippen LogP contribution < -0.4 is 5.32 Å². The van der Waals surface area contributed by atoms with Gasteiger partial charge in [0.15, 0.2) is 0 Å². The van der Waals surface area contributed by atoms with Gasteiger partial charge in [-0.25, -0.2) is 4.39 Å². The molecule has 0 saturated heterocycles. The minimum Gasteiger partial charge on any atom is -0.316 e. The first-order valence-corrected chi connectivity index (χ1v) is 7.25. The van der Waals surface area contributed by atoms with E-state index in [1.165, 1.54) is 37.8 Å². The molecule has 1 fully saturated rings. The molecule has 3 heteroatoms. The Balaban J connectivity index is 2.20. The molecule has 0 amide bonds. The molecule has 1 N–H and O–H groups in total. The van der Waals surface area contributed by atoms with Gasteiger partial charge in [-0.3, -0.25) is 0 Å². The summed E-state index contributed by atoms with van der Waals surface area (Å²) in [7, 11) is 0. The second-order valence-corrected chi connectivity index (χ2v) is 5.53. The molecule has 0 aliphatic heterocycles. The van der Waals surface area contributed by atoms with Gasteiger partial charge in [-0.15, -0.1) is 0 Å². The van der Waals surface area contributed by atoms with Gasteiger partial charge in [-0.05, 0) is 43.0 Å². The standard InChI is InChI=1S/C15H21ClFN/c1-2-18-10-14(11-5-3-4-6-11)13-8-7-12(17)9-15(13)16/h7-9,11,14,18H,2-6,10H2,1H3. The number of halogens is 2. The van der Waals surface area contributed by atoms with Crippen LogP contribution in [0.4, 0.5) is 4.39 Å². The second kappa shape index (κ2) is 6.53. The van der Waals surface area contributed by atoms with E-state index >= 15 is 0 Å². The third-order valence-electron chi connectivity index (χ3n) is 3.95. The fourth-order valence-electron chi connectivity index (χ4n) is 2.99. The number of rotatable bonds is 5. The SMILES string of the molecule is CCNCC(c1ccc(F)cc1Cl)C1CCCC1. The van der Waals surface area contributed by atoms with Crippen molar-refractivity contribution in [2.45, 2.75) is 38.5 Å². The summed E-state index contributed by atoms with van der Waals surface area (Å²) in [6.07, 6.45) is 5.16. The molecule has 18 heavy (non-hydrogen) atoms. The van der Waals surface area contributed by atoms with Crippen molar-refractivity contribution >= 4 is 11.6 Å². The second-order valence-electron chi connectivity index (χ2n) is 5.12. The molecule has 1 aromatic rings. The zero-order chi connectivity index (χ0) is 13.0. The van der Waals surface area contributed by atoms with Gasteiger partial charge >= 0.3 is 0 Å². The van der Waals surface area contributed by atoms with Crippen LogP contribution in [-0.2, 0) is 0 Å². The normalized spacial score (nSPS) is 18.2. The van der Waals surface area contributed by atoms with Crippen LogP contribution in [0.25, 0.3) is 0 Å². The molecule has 0 spiro atoms. The van der Waals surface area contributed by atoms with E-state index in [0.29, 0.717) is 16.9 Å². The summed E-state index contributed by atoms with van der Waals surface area (Å²) >= 11 is 6.21. The zero-order valence-electron chi connectivity index (χ0n) is 10.9. The topological polar surface area (TPSA) is 12.0 Å². The summed E-state index contributed by atoms with van der Waals surface area (Å²) in [5.41, 5.74) is 1.10. The molecule has 100 valence electrons. The molecule has 1 saturated carbocycles. The van der Waals surface area contributed by atoms with Crippen LogP contribution in [0.1, 0.15) is 44.1 Å². The molecule has 1 aliphatic rings. The van der Waals surface area contributed by atoms with E-state index < -0.39 is 0 Å². The molecule has 1 atom stereocenters. The van der Waals surface area contributed by atoms with Gasteiger partial charge < -0.3 is 5.32 Å². The molecule has 1 aliphatic carbocycles. The third kappa shape index (κ3) is 3.24. The molecule has 0 aromatic heterocycles. The van der Waals surface area contributed by atoms with Crippen molar-refractivity contribution in [3.8, 4) is 0 Å². The lowest BCUT2D eigenvalue weighted by Crippen LogP contribution is -2.25. The molecule has 0 bridgehead atoms. The predicted octanol–water partition coefficient (Wildman–Crippen LogP) is 4.36. The lowest BCUT2D eigenvalue weighted by molar-refractivity contribution is 0.414. The van der Waals surface area contributed by atoms with Crippen molar-refractivity contribution in [1.82, 2.24) is 5.32 Å². The molecule has 1 nitrogen and oxygen atoms in total. The first-order valence-electron chi connectivity index (χ1n) is 6.88. The number of hydrogen-bond donors (Lipinski definition) is 1. The largest absolute Gasteiger partial charge is 0.316 e. The molecule has 1 unspecified atom stereocenters. The van der Waals surface area contributed by atoms with Gasteiger partial charge in [0.1, 0.15) is 5.82 Å². The Bertz CT molecular complexity index is 388. The number of likely N-dealkylation sites (N-methyl/N-ethyl adjacent to an activating group) is 1. The van der Waals surface area contributed by atoms with Crippen LogP contribution in [0.15, 0.2) is 18.2 Å². The lowest BCUT2D eigenvalue weighted by Gasteiger charge is -2.25. The van der Waals surface area contributed by atoms with E-state index in [2.05, 4.69) is 12.2 Å². The van der Waals surface area contributed by atoms with E-state index in [4.69, 9.17) is 11.6 Å². The first kappa shape index (κ1) is 13.8. The summed E-state index contributed by atoms with van der Waals surface area (Å²) in [5, 5.41) is 3.99. The molecule has 2 rings (SSSR count). The Labute approximate surface area is 114 Å². The smallest absolute Gasteiger partial charge is 0.124 e. The minimum absolute atomic E-state index is 0.252. The lowest BCUT2D eigenvalue weighted by atomic mass is 9.84. The maximum absolute atomic E-state index is 13.1. The highest BCUT2D eigenvalue weighted by Gasteiger charge is 2.27. The van der Waals surface area contributed by atoms with Crippen molar-refractivity contribution in [3.63, 3.8) is 0 Å². The molecule has 1 aromatic carbocycles. The van der Waals surface area contributed by atoms with Gasteiger partial charge in [-0.2, -0.15) is 0 Å². The van der Waals surface area contributed by atoms with Gasteiger partial charge in [-0.1, -0.05) is 37.4 Å². The Morgan fingerprint density at radius 1 is 1.39 bits per heavy atom. The summed E-state index contributed by atoms with van der Waals surface area (Å²) in [4.78, 5) is 0. The summed E-state index contributed by atoms with van der Waals surface area (Å²) in [6.45, 7) is 4.01. The minimum atomic E-state index is -0.252. The van der Waals surface area contributed by atoms with Gasteiger partial charge in [0.05, 0.1) is 0 Å². The quantitative estimate of drug-likeness (QED) is 0.837. The van der Waals surface area contributed by atoms with Crippen LogP contribution in [0, 0.1) is 11.7 Å². The van der Waals surface area contributed by atoms with E-state index in [1.54, 1.807) is 0 Å². The van der Waals surface area contributed by atoms with Crippen LogP contribution in [-0.4, -0.2) is 13.1 Å². The Kier molecular flexibility index (Phi) is 5.02. The fourth-order valence-corrected chi connectivity index (χ4v) is 3.30. The first-order chi connectivity index (χ1) is 8.72. The molecular formula is C15H21ClFN. The highest BCUT2D eigenvalue weighted by molar-refractivity contribution is 6.31. The van der Waals surface area contributed by atoms with E-state index in [1.807, 2.05) is 6.07 Å². The van der Waals surface area contributed by atoms with E-state index in [0.717, 1.165) is 18.7 Å². The van der Waals surface area contributed by atoms with Crippen molar-refractivity contribution in [1.29, 1.82) is 0 Å². The van der Waals surface area contributed by atoms with Crippen LogP contribution >= 0.6 is 11.6 Å². The summed E-state index contributed by atoms with van der Waals surface area (Å²) < 4.78 is 13.1. The summed E-state index contributed by atoms with van der Waals surface area (Å²) in [5.74, 6) is 0.852. The zero-order valence-corrected chi connectivity index (χ0v) is 11.6. The van der Waals surface area contributed by atoms with Gasteiger partial charge in [0.2, 0.25) is 0 Å². The maximum atomic E-state index is 13.1. The maximum Gasteiger partial charge on any atom is 0.124 e. The van der Waals surface area contributed by atoms with Crippen LogP contribution in [0.2, 0.25) is 5.02 Å². The Hall–Kier alpha value is -0.600. The fraction of sp³-hybridized carbons (Fsp3) is 0.600. The van der Waals surface area contributed by atoms with Crippen molar-refractivity contribution in [3.05, 3.63) is 34.6 Å². The van der Waals surface area contributed by atoms with Gasteiger partial charge in [0.25, 0.3) is 0 Å². The van der Waals surface area contributed by atoms with E-state index in [9.17, 15) is 4.39 Å². The van der Waals surface area contributed by atoms with Crippen molar-refractivity contribution in [2.24, 2.45) is 5.92 Å². The molecule has 0 radical (unpaired) electrons. The van der Waals surface area contributed by atoms with Crippen molar-refractivity contribution in [2.75, 3.05) is 13.1 Å². The Morgan fingerprint density at radius 3 is 2.72 bits per heavy atom. The monoisotopic (exact) mass is 269 g/mol. The highest BCUT2D eigenvalue weighted by Crippen LogP contribution is 2.39. The molecular weight excluding hydrogens is 249 g/mol.